The highest BCUT2D eigenvalue weighted by atomic mass is 35.5. The molecule has 5 heteroatoms. The van der Waals surface area contributed by atoms with Gasteiger partial charge in [-0.3, -0.25) is 4.79 Å². The van der Waals surface area contributed by atoms with E-state index in [1.54, 1.807) is 19.1 Å². The standard InChI is InChI=1S/C21H25ClO4/c1-5-15-12-17(22)20(11-14(15)4)25-13-16-18(24-7-3)9-8-10-19(16)26-21(23)6-2/h8-12H,5-7,13H2,1-4H3. The van der Waals surface area contributed by atoms with Crippen LogP contribution in [0.1, 0.15) is 43.9 Å². The summed E-state index contributed by atoms with van der Waals surface area (Å²) in [5.74, 6) is 1.37. The Morgan fingerprint density at radius 1 is 1.04 bits per heavy atom. The van der Waals surface area contributed by atoms with Crippen molar-refractivity contribution in [3.63, 3.8) is 0 Å². The molecule has 0 aliphatic rings. The summed E-state index contributed by atoms with van der Waals surface area (Å²) in [6.07, 6.45) is 1.21. The van der Waals surface area contributed by atoms with Gasteiger partial charge in [0.25, 0.3) is 0 Å². The van der Waals surface area contributed by atoms with Gasteiger partial charge >= 0.3 is 5.97 Å². The summed E-state index contributed by atoms with van der Waals surface area (Å²) in [5.41, 5.74) is 3.00. The largest absolute Gasteiger partial charge is 0.493 e. The molecule has 0 aliphatic heterocycles. The third-order valence-corrected chi connectivity index (χ3v) is 4.34. The molecule has 0 atom stereocenters. The molecule has 0 heterocycles. The van der Waals surface area contributed by atoms with Gasteiger partial charge in [0.2, 0.25) is 0 Å². The molecule has 0 amide bonds. The van der Waals surface area contributed by atoms with Crippen molar-refractivity contribution in [2.75, 3.05) is 6.61 Å². The van der Waals surface area contributed by atoms with Gasteiger partial charge in [-0.15, -0.1) is 0 Å². The Morgan fingerprint density at radius 2 is 1.77 bits per heavy atom. The van der Waals surface area contributed by atoms with E-state index >= 15 is 0 Å². The van der Waals surface area contributed by atoms with Gasteiger partial charge in [-0.2, -0.15) is 0 Å². The predicted octanol–water partition coefficient (Wildman–Crippen LogP) is 5.50. The van der Waals surface area contributed by atoms with Crippen molar-refractivity contribution >= 4 is 17.6 Å². The second-order valence-corrected chi connectivity index (χ2v) is 6.25. The molecule has 2 aromatic carbocycles. The Bertz CT molecular complexity index is 771. The summed E-state index contributed by atoms with van der Waals surface area (Å²) in [5, 5.41) is 0.563. The number of hydrogen-bond acceptors (Lipinski definition) is 4. The molecule has 0 unspecified atom stereocenters. The van der Waals surface area contributed by atoms with Crippen LogP contribution in [0, 0.1) is 6.92 Å². The van der Waals surface area contributed by atoms with E-state index in [-0.39, 0.29) is 12.6 Å². The Kier molecular flexibility index (Phi) is 7.34. The third kappa shape index (κ3) is 4.92. The first-order chi connectivity index (χ1) is 12.5. The van der Waals surface area contributed by atoms with Crippen molar-refractivity contribution in [3.05, 3.63) is 52.0 Å². The molecule has 4 nitrogen and oxygen atoms in total. The van der Waals surface area contributed by atoms with Gasteiger partial charge < -0.3 is 14.2 Å². The van der Waals surface area contributed by atoms with Gasteiger partial charge in [0.15, 0.2) is 0 Å². The number of carbonyl (C=O) groups excluding carboxylic acids is 1. The first-order valence-electron chi connectivity index (χ1n) is 8.87. The maximum Gasteiger partial charge on any atom is 0.310 e. The lowest BCUT2D eigenvalue weighted by Gasteiger charge is -2.16. The van der Waals surface area contributed by atoms with E-state index in [1.165, 1.54) is 5.56 Å². The zero-order valence-corrected chi connectivity index (χ0v) is 16.5. The molecule has 0 aliphatic carbocycles. The van der Waals surface area contributed by atoms with E-state index in [0.717, 1.165) is 12.0 Å². The summed E-state index contributed by atoms with van der Waals surface area (Å²) in [7, 11) is 0. The third-order valence-electron chi connectivity index (χ3n) is 4.05. The highest BCUT2D eigenvalue weighted by molar-refractivity contribution is 6.32. The van der Waals surface area contributed by atoms with E-state index in [2.05, 4.69) is 6.92 Å². The molecule has 0 saturated carbocycles. The lowest BCUT2D eigenvalue weighted by atomic mass is 10.1. The summed E-state index contributed by atoms with van der Waals surface area (Å²) in [6, 6.07) is 9.22. The van der Waals surface area contributed by atoms with Crippen LogP contribution in [0.3, 0.4) is 0 Å². The second-order valence-electron chi connectivity index (χ2n) is 5.84. The minimum Gasteiger partial charge on any atom is -0.493 e. The van der Waals surface area contributed by atoms with Crippen molar-refractivity contribution in [2.45, 2.75) is 47.1 Å². The Balaban J connectivity index is 2.30. The van der Waals surface area contributed by atoms with Gasteiger partial charge in [-0.1, -0.05) is 31.5 Å². The highest BCUT2D eigenvalue weighted by Crippen LogP contribution is 2.33. The van der Waals surface area contributed by atoms with Crippen LogP contribution in [0.4, 0.5) is 0 Å². The lowest BCUT2D eigenvalue weighted by Crippen LogP contribution is -2.10. The monoisotopic (exact) mass is 376 g/mol. The topological polar surface area (TPSA) is 44.8 Å². The van der Waals surface area contributed by atoms with Gasteiger partial charge in [-0.25, -0.2) is 0 Å². The van der Waals surface area contributed by atoms with Gasteiger partial charge in [0.05, 0.1) is 17.2 Å². The van der Waals surface area contributed by atoms with Crippen LogP contribution in [-0.2, 0) is 17.8 Å². The van der Waals surface area contributed by atoms with Crippen LogP contribution in [0.5, 0.6) is 17.2 Å². The molecule has 0 radical (unpaired) electrons. The molecular formula is C21H25ClO4. The van der Waals surface area contributed by atoms with E-state index in [4.69, 9.17) is 25.8 Å². The Labute approximate surface area is 160 Å². The summed E-state index contributed by atoms with van der Waals surface area (Å²) in [6.45, 7) is 8.47. The van der Waals surface area contributed by atoms with Gasteiger partial charge in [-0.05, 0) is 55.7 Å². The molecule has 0 aromatic heterocycles. The minimum atomic E-state index is -0.305. The van der Waals surface area contributed by atoms with Crippen LogP contribution in [-0.4, -0.2) is 12.6 Å². The van der Waals surface area contributed by atoms with Crippen LogP contribution in [0.25, 0.3) is 0 Å². The smallest absolute Gasteiger partial charge is 0.310 e. The van der Waals surface area contributed by atoms with Crippen LogP contribution >= 0.6 is 11.6 Å². The van der Waals surface area contributed by atoms with Crippen molar-refractivity contribution in [1.29, 1.82) is 0 Å². The van der Waals surface area contributed by atoms with Crippen molar-refractivity contribution < 1.29 is 19.0 Å². The summed E-state index contributed by atoms with van der Waals surface area (Å²) in [4.78, 5) is 11.7. The highest BCUT2D eigenvalue weighted by Gasteiger charge is 2.15. The summed E-state index contributed by atoms with van der Waals surface area (Å²) < 4.78 is 17.0. The zero-order chi connectivity index (χ0) is 19.1. The van der Waals surface area contributed by atoms with E-state index in [9.17, 15) is 4.79 Å². The predicted molar refractivity (Wildman–Crippen MR) is 103 cm³/mol. The molecule has 2 rings (SSSR count). The fourth-order valence-corrected chi connectivity index (χ4v) is 2.85. The van der Waals surface area contributed by atoms with Gasteiger partial charge in [0.1, 0.15) is 23.9 Å². The number of halogens is 1. The number of rotatable bonds is 8. The average molecular weight is 377 g/mol. The normalized spacial score (nSPS) is 10.5. The Hall–Kier alpha value is -2.20. The van der Waals surface area contributed by atoms with Crippen LogP contribution in [0.15, 0.2) is 30.3 Å². The van der Waals surface area contributed by atoms with Gasteiger partial charge in [0, 0.05) is 6.42 Å². The SMILES string of the molecule is CCOc1cccc(OC(=O)CC)c1COc1cc(C)c(CC)cc1Cl. The molecule has 0 fully saturated rings. The molecule has 2 aromatic rings. The number of carbonyl (C=O) groups is 1. The maximum atomic E-state index is 11.7. The summed E-state index contributed by atoms with van der Waals surface area (Å²) >= 11 is 6.35. The molecule has 140 valence electrons. The molecule has 0 saturated heterocycles. The van der Waals surface area contributed by atoms with Crippen molar-refractivity contribution in [3.8, 4) is 17.2 Å². The average Bonchev–Trinajstić information content (AvgIpc) is 2.63. The first kappa shape index (κ1) is 20.1. The van der Waals surface area contributed by atoms with Crippen molar-refractivity contribution in [2.24, 2.45) is 0 Å². The molecule has 0 spiro atoms. The van der Waals surface area contributed by atoms with Crippen molar-refractivity contribution in [1.82, 2.24) is 0 Å². The molecule has 0 N–H and O–H groups in total. The Morgan fingerprint density at radius 3 is 2.42 bits per heavy atom. The van der Waals surface area contributed by atoms with E-state index in [1.807, 2.05) is 32.0 Å². The molecule has 26 heavy (non-hydrogen) atoms. The number of hydrogen-bond donors (Lipinski definition) is 0. The number of benzene rings is 2. The molecular weight excluding hydrogens is 352 g/mol. The zero-order valence-electron chi connectivity index (χ0n) is 15.7. The fraction of sp³-hybridized carbons (Fsp3) is 0.381. The van der Waals surface area contributed by atoms with E-state index in [0.29, 0.717) is 40.9 Å². The molecule has 0 bridgehead atoms. The minimum absolute atomic E-state index is 0.188. The number of esters is 1. The number of aryl methyl sites for hydroxylation is 2. The lowest BCUT2D eigenvalue weighted by molar-refractivity contribution is -0.134. The number of ether oxygens (including phenoxy) is 3. The van der Waals surface area contributed by atoms with E-state index < -0.39 is 0 Å². The quantitative estimate of drug-likeness (QED) is 0.450. The van der Waals surface area contributed by atoms with Crippen LogP contribution in [0.2, 0.25) is 5.02 Å². The maximum absolute atomic E-state index is 11.7. The fourth-order valence-electron chi connectivity index (χ4n) is 2.61. The first-order valence-corrected chi connectivity index (χ1v) is 9.25. The second kappa shape index (κ2) is 9.48. The van der Waals surface area contributed by atoms with Crippen LogP contribution < -0.4 is 14.2 Å².